The van der Waals surface area contributed by atoms with Gasteiger partial charge in [0.25, 0.3) is 11.8 Å². The van der Waals surface area contributed by atoms with Gasteiger partial charge in [-0.1, -0.05) is 16.5 Å². The minimum Gasteiger partial charge on any atom is -0.477 e. The van der Waals surface area contributed by atoms with Crippen molar-refractivity contribution in [1.29, 1.82) is 0 Å². The first-order valence-electron chi connectivity index (χ1n) is 11.2. The van der Waals surface area contributed by atoms with Crippen molar-refractivity contribution in [2.45, 2.75) is 18.0 Å². The maximum Gasteiger partial charge on any atom is 0.352 e. The van der Waals surface area contributed by atoms with E-state index < -0.39 is 29.2 Å². The predicted octanol–water partition coefficient (Wildman–Crippen LogP) is 0.478. The normalized spacial score (nSPS) is 19.3. The molecule has 2 aliphatic heterocycles. The number of hydrogen-bond acceptors (Lipinski definition) is 12. The Labute approximate surface area is 228 Å². The van der Waals surface area contributed by atoms with Crippen LogP contribution in [-0.2, 0) is 25.8 Å². The van der Waals surface area contributed by atoms with Gasteiger partial charge in [0.05, 0.1) is 4.70 Å². The molecule has 0 saturated carbocycles. The smallest absolute Gasteiger partial charge is 0.352 e. The van der Waals surface area contributed by atoms with Crippen LogP contribution >= 0.6 is 34.4 Å². The third kappa shape index (κ3) is 4.65. The van der Waals surface area contributed by atoms with Gasteiger partial charge in [-0.2, -0.15) is 4.57 Å². The van der Waals surface area contributed by atoms with Gasteiger partial charge < -0.3 is 25.9 Å². The lowest BCUT2D eigenvalue weighted by molar-refractivity contribution is -0.687. The zero-order chi connectivity index (χ0) is 27.1. The lowest BCUT2D eigenvalue weighted by Gasteiger charge is -2.49. The van der Waals surface area contributed by atoms with Gasteiger partial charge in [0, 0.05) is 36.9 Å². The summed E-state index contributed by atoms with van der Waals surface area (Å²) < 4.78 is 2.88. The number of nitrogen functional groups attached to an aromatic ring is 1. The molecule has 1 fully saturated rings. The third-order valence-electron chi connectivity index (χ3n) is 5.83. The fraction of sp³-hybridized carbons (Fsp3) is 0.318. The molecule has 0 radical (unpaired) electrons. The van der Waals surface area contributed by atoms with Gasteiger partial charge in [0.1, 0.15) is 35.4 Å². The Bertz CT molecular complexity index is 1510. The molecule has 38 heavy (non-hydrogen) atoms. The lowest BCUT2D eigenvalue weighted by atomic mass is 10.0. The average molecular weight is 576 g/mol. The molecular weight excluding hydrogens is 552 g/mol. The summed E-state index contributed by atoms with van der Waals surface area (Å²) in [6, 6.07) is 1.01. The van der Waals surface area contributed by atoms with Gasteiger partial charge in [-0.15, -0.1) is 23.1 Å². The molecule has 3 aromatic rings. The highest BCUT2D eigenvalue weighted by molar-refractivity contribution is 8.00. The maximum atomic E-state index is 13.1. The van der Waals surface area contributed by atoms with Crippen molar-refractivity contribution in [3.8, 4) is 0 Å². The van der Waals surface area contributed by atoms with Crippen molar-refractivity contribution >= 4 is 78.4 Å². The van der Waals surface area contributed by atoms with E-state index in [1.807, 2.05) is 42.0 Å². The SMILES string of the molecule is CO/N=C(/C(=O)NC1C(=O)N2C(C(=O)O)=C(C[n+]3ccc4sc(N(C)C)nc4c3)CS[C@H]12)c1csc(N)n1. The number of carboxylic acids is 1. The van der Waals surface area contributed by atoms with Crippen LogP contribution in [-0.4, -0.2) is 81.8 Å². The molecule has 5 rings (SSSR count). The molecule has 0 aromatic carbocycles. The fourth-order valence-corrected chi connectivity index (χ4v) is 6.86. The Morgan fingerprint density at radius 2 is 2.18 bits per heavy atom. The molecular formula is C22H23N8O5S3+. The highest BCUT2D eigenvalue weighted by Gasteiger charge is 2.54. The number of nitrogens with one attached hydrogen (secondary N) is 1. The minimum absolute atomic E-state index is 0.0674. The van der Waals surface area contributed by atoms with Crippen LogP contribution in [0.3, 0.4) is 0 Å². The van der Waals surface area contributed by atoms with E-state index in [0.717, 1.165) is 26.7 Å². The van der Waals surface area contributed by atoms with Gasteiger partial charge in [-0.3, -0.25) is 14.5 Å². The number of carboxylic acid groups (broad SMARTS) is 1. The number of nitrogens with two attached hydrogens (primary N) is 1. The van der Waals surface area contributed by atoms with Crippen LogP contribution in [0, 0.1) is 0 Å². The monoisotopic (exact) mass is 575 g/mol. The summed E-state index contributed by atoms with van der Waals surface area (Å²) in [5.41, 5.74) is 7.07. The second-order valence-electron chi connectivity index (χ2n) is 8.57. The van der Waals surface area contributed by atoms with E-state index in [0.29, 0.717) is 11.3 Å². The first-order valence-corrected chi connectivity index (χ1v) is 13.9. The van der Waals surface area contributed by atoms with Crippen LogP contribution in [0.25, 0.3) is 10.2 Å². The number of aliphatic carboxylic acids is 1. The lowest BCUT2D eigenvalue weighted by Crippen LogP contribution is -2.71. The molecule has 198 valence electrons. The summed E-state index contributed by atoms with van der Waals surface area (Å²) >= 11 is 4.08. The second-order valence-corrected chi connectivity index (χ2v) is 11.6. The number of pyridine rings is 1. The average Bonchev–Trinajstić information content (AvgIpc) is 3.51. The molecule has 3 aromatic heterocycles. The largest absolute Gasteiger partial charge is 0.477 e. The first kappa shape index (κ1) is 25.9. The standard InChI is InChI=1S/C22H22N8O5S3/c1-28(2)22-25-11-7-29(5-4-13(11)38-22)6-10-8-36-19-15(18(32)30(19)16(10)20(33)34)26-17(31)14(27-35-3)12-9-37-21(23)24-12/h4-5,7,9,15,19H,6,8H2,1-3H3,(H3-,23,24,26,31,33,34)/p+1/b27-14+/t15?,19-/m1/s1. The van der Waals surface area contributed by atoms with Crippen molar-refractivity contribution < 1.29 is 28.9 Å². The first-order chi connectivity index (χ1) is 18.2. The number of β-lactam (4-membered cyclic amide) rings is 1. The van der Waals surface area contributed by atoms with Crippen LogP contribution in [0.4, 0.5) is 10.3 Å². The highest BCUT2D eigenvalue weighted by atomic mass is 32.2. The van der Waals surface area contributed by atoms with Crippen molar-refractivity contribution in [3.63, 3.8) is 0 Å². The molecule has 2 atom stereocenters. The number of aromatic nitrogens is 3. The number of oxime groups is 1. The summed E-state index contributed by atoms with van der Waals surface area (Å²) in [5, 5.41) is 18.5. The molecule has 1 unspecified atom stereocenters. The summed E-state index contributed by atoms with van der Waals surface area (Å²) in [4.78, 5) is 54.9. The summed E-state index contributed by atoms with van der Waals surface area (Å²) in [5.74, 6) is -2.02. The Kier molecular flexibility index (Phi) is 6.93. The van der Waals surface area contributed by atoms with Crippen molar-refractivity contribution in [1.82, 2.24) is 20.2 Å². The van der Waals surface area contributed by atoms with Gasteiger partial charge in [0.15, 0.2) is 34.9 Å². The molecule has 4 N–H and O–H groups in total. The minimum atomic E-state index is -1.20. The maximum absolute atomic E-state index is 13.1. The number of rotatable bonds is 8. The van der Waals surface area contributed by atoms with Crippen LogP contribution in [0.1, 0.15) is 5.69 Å². The number of hydrogen-bond donors (Lipinski definition) is 3. The van der Waals surface area contributed by atoms with Crippen LogP contribution in [0.5, 0.6) is 0 Å². The molecule has 1 saturated heterocycles. The predicted molar refractivity (Wildman–Crippen MR) is 144 cm³/mol. The van der Waals surface area contributed by atoms with Gasteiger partial charge in [0.2, 0.25) is 0 Å². The Morgan fingerprint density at radius 3 is 2.84 bits per heavy atom. The zero-order valence-electron chi connectivity index (χ0n) is 20.4. The third-order valence-corrected chi connectivity index (χ3v) is 9.05. The Balaban J connectivity index is 1.35. The molecule has 0 bridgehead atoms. The molecule has 0 spiro atoms. The topological polar surface area (TPSA) is 167 Å². The van der Waals surface area contributed by atoms with Crippen molar-refractivity contribution in [2.24, 2.45) is 5.16 Å². The number of thiazole rings is 2. The number of anilines is 2. The number of nitrogens with zero attached hydrogens (tertiary/aromatic N) is 6. The van der Waals surface area contributed by atoms with Crippen molar-refractivity contribution in [3.05, 3.63) is 40.8 Å². The molecule has 13 nitrogen and oxygen atoms in total. The van der Waals surface area contributed by atoms with Crippen molar-refractivity contribution in [2.75, 3.05) is 37.6 Å². The Hall–Kier alpha value is -3.76. The van der Waals surface area contributed by atoms with E-state index in [-0.39, 0.29) is 28.8 Å². The number of carbonyl (C=O) groups excluding carboxylic acids is 2. The quantitative estimate of drug-likeness (QED) is 0.149. The number of fused-ring (bicyclic) bond motifs is 2. The zero-order valence-corrected chi connectivity index (χ0v) is 22.9. The van der Waals surface area contributed by atoms with E-state index in [1.165, 1.54) is 23.8 Å². The molecule has 2 amide bonds. The second kappa shape index (κ2) is 10.2. The summed E-state index contributed by atoms with van der Waals surface area (Å²) in [7, 11) is 5.13. The van der Waals surface area contributed by atoms with E-state index in [2.05, 4.69) is 20.4 Å². The number of amides is 2. The van der Waals surface area contributed by atoms with Gasteiger partial charge in [-0.05, 0) is 0 Å². The van der Waals surface area contributed by atoms with Gasteiger partial charge in [-0.25, -0.2) is 14.8 Å². The Morgan fingerprint density at radius 1 is 1.39 bits per heavy atom. The molecule has 5 heterocycles. The van der Waals surface area contributed by atoms with E-state index in [4.69, 9.17) is 10.6 Å². The van der Waals surface area contributed by atoms with Gasteiger partial charge >= 0.3 is 5.97 Å². The molecule has 2 aliphatic rings. The van der Waals surface area contributed by atoms with Crippen LogP contribution in [0.15, 0.2) is 40.3 Å². The van der Waals surface area contributed by atoms with Crippen LogP contribution < -0.4 is 20.5 Å². The number of thioether (sulfide) groups is 1. The fourth-order valence-electron chi connectivity index (χ4n) is 4.12. The van der Waals surface area contributed by atoms with E-state index in [9.17, 15) is 19.5 Å². The number of carbonyl (C=O) groups is 3. The van der Waals surface area contributed by atoms with E-state index in [1.54, 1.807) is 16.7 Å². The van der Waals surface area contributed by atoms with Crippen LogP contribution in [0.2, 0.25) is 0 Å². The summed E-state index contributed by atoms with van der Waals surface area (Å²) in [6.45, 7) is 0.281. The molecule has 16 heteroatoms. The highest BCUT2D eigenvalue weighted by Crippen LogP contribution is 2.40. The van der Waals surface area contributed by atoms with E-state index >= 15 is 0 Å². The molecule has 0 aliphatic carbocycles. The summed E-state index contributed by atoms with van der Waals surface area (Å²) in [6.07, 6.45) is 3.73.